The third-order valence-electron chi connectivity index (χ3n) is 5.83. The normalized spacial score (nSPS) is 14.7. The predicted octanol–water partition coefficient (Wildman–Crippen LogP) is 5.08. The highest BCUT2D eigenvalue weighted by molar-refractivity contribution is 8.00. The first kappa shape index (κ1) is 22.3. The maximum absolute atomic E-state index is 13.3. The fourth-order valence-corrected chi connectivity index (χ4v) is 4.92. The second kappa shape index (κ2) is 10.6. The molecule has 1 aromatic heterocycles. The van der Waals surface area contributed by atoms with E-state index in [0.29, 0.717) is 29.1 Å². The zero-order valence-corrected chi connectivity index (χ0v) is 19.2. The molecule has 166 valence electrons. The van der Waals surface area contributed by atoms with Crippen molar-refractivity contribution in [3.05, 3.63) is 82.2 Å². The third kappa shape index (κ3) is 5.49. The van der Waals surface area contributed by atoms with Gasteiger partial charge in [-0.2, -0.15) is 0 Å². The van der Waals surface area contributed by atoms with Crippen LogP contribution in [0, 0.1) is 0 Å². The van der Waals surface area contributed by atoms with Gasteiger partial charge in [0.15, 0.2) is 5.16 Å². The number of hydrogen-bond acceptors (Lipinski definition) is 4. The molecule has 3 aromatic rings. The van der Waals surface area contributed by atoms with Gasteiger partial charge in [-0.3, -0.25) is 14.2 Å². The molecule has 5 nitrogen and oxygen atoms in total. The van der Waals surface area contributed by atoms with E-state index in [-0.39, 0.29) is 16.7 Å². The Hall–Kier alpha value is -2.86. The van der Waals surface area contributed by atoms with Crippen LogP contribution in [0.5, 0.6) is 0 Å². The third-order valence-corrected chi connectivity index (χ3v) is 6.92. The molecule has 1 atom stereocenters. The second-order valence-corrected chi connectivity index (χ2v) is 9.50. The van der Waals surface area contributed by atoms with E-state index >= 15 is 0 Å². The Morgan fingerprint density at radius 3 is 2.69 bits per heavy atom. The SMILES string of the molecule is CC(Sc1nc2ccccc2c(=O)n1CCC1=CCCCC1)C(=O)NCc1ccccc1. The highest BCUT2D eigenvalue weighted by Crippen LogP contribution is 2.25. The van der Waals surface area contributed by atoms with Crippen molar-refractivity contribution in [2.24, 2.45) is 0 Å². The minimum atomic E-state index is -0.369. The molecule has 0 radical (unpaired) electrons. The van der Waals surface area contributed by atoms with E-state index < -0.39 is 0 Å². The lowest BCUT2D eigenvalue weighted by Crippen LogP contribution is -2.31. The Morgan fingerprint density at radius 2 is 1.91 bits per heavy atom. The van der Waals surface area contributed by atoms with E-state index in [9.17, 15) is 9.59 Å². The van der Waals surface area contributed by atoms with Gasteiger partial charge in [0.1, 0.15) is 0 Å². The molecular weight excluding hydrogens is 418 g/mol. The number of nitrogens with one attached hydrogen (secondary N) is 1. The topological polar surface area (TPSA) is 64.0 Å². The molecule has 1 unspecified atom stereocenters. The standard InChI is InChI=1S/C26H29N3O2S/c1-19(24(30)27-18-21-12-6-3-7-13-21)32-26-28-23-15-9-8-14-22(23)25(31)29(26)17-16-20-10-4-2-5-11-20/h3,6-10,12-15,19H,2,4-5,11,16-18H2,1H3,(H,27,30). The molecule has 1 aliphatic rings. The van der Waals surface area contributed by atoms with Crippen LogP contribution in [-0.4, -0.2) is 20.7 Å². The summed E-state index contributed by atoms with van der Waals surface area (Å²) in [5, 5.41) is 3.85. The van der Waals surface area contributed by atoms with Gasteiger partial charge in [-0.1, -0.05) is 65.9 Å². The summed E-state index contributed by atoms with van der Waals surface area (Å²) in [5.74, 6) is -0.0669. The first-order valence-corrected chi connectivity index (χ1v) is 12.2. The number of carbonyl (C=O) groups excluding carboxylic acids is 1. The van der Waals surface area contributed by atoms with Crippen LogP contribution in [0.1, 0.15) is 44.6 Å². The number of carbonyl (C=O) groups is 1. The predicted molar refractivity (Wildman–Crippen MR) is 131 cm³/mol. The molecule has 4 rings (SSSR count). The molecule has 2 aromatic carbocycles. The number of aromatic nitrogens is 2. The van der Waals surface area contributed by atoms with Crippen LogP contribution in [0.2, 0.25) is 0 Å². The summed E-state index contributed by atoms with van der Waals surface area (Å²) in [7, 11) is 0. The summed E-state index contributed by atoms with van der Waals surface area (Å²) >= 11 is 1.35. The quantitative estimate of drug-likeness (QED) is 0.297. The molecule has 0 spiro atoms. The van der Waals surface area contributed by atoms with Crippen LogP contribution in [0.3, 0.4) is 0 Å². The largest absolute Gasteiger partial charge is 0.351 e. The van der Waals surface area contributed by atoms with Gasteiger partial charge < -0.3 is 5.32 Å². The highest BCUT2D eigenvalue weighted by atomic mass is 32.2. The number of para-hydroxylation sites is 1. The van der Waals surface area contributed by atoms with E-state index in [1.54, 1.807) is 4.57 Å². The fourth-order valence-electron chi connectivity index (χ4n) is 3.96. The lowest BCUT2D eigenvalue weighted by atomic mass is 9.97. The van der Waals surface area contributed by atoms with Crippen molar-refractivity contribution < 1.29 is 4.79 Å². The number of hydrogen-bond donors (Lipinski definition) is 1. The molecule has 0 bridgehead atoms. The molecule has 32 heavy (non-hydrogen) atoms. The van der Waals surface area contributed by atoms with Crippen molar-refractivity contribution in [1.82, 2.24) is 14.9 Å². The summed E-state index contributed by atoms with van der Waals surface area (Å²) in [6.45, 7) is 2.93. The van der Waals surface area contributed by atoms with Gasteiger partial charge in [0.05, 0.1) is 16.2 Å². The monoisotopic (exact) mass is 447 g/mol. The second-order valence-electron chi connectivity index (χ2n) is 8.19. The lowest BCUT2D eigenvalue weighted by molar-refractivity contribution is -0.120. The smallest absolute Gasteiger partial charge is 0.262 e. The average molecular weight is 448 g/mol. The molecule has 1 heterocycles. The van der Waals surface area contributed by atoms with Crippen molar-refractivity contribution in [3.8, 4) is 0 Å². The van der Waals surface area contributed by atoms with Crippen molar-refractivity contribution in [3.63, 3.8) is 0 Å². The van der Waals surface area contributed by atoms with Gasteiger partial charge in [-0.15, -0.1) is 0 Å². The number of thioether (sulfide) groups is 1. The van der Waals surface area contributed by atoms with Gasteiger partial charge >= 0.3 is 0 Å². The minimum absolute atomic E-state index is 0.0357. The first-order chi connectivity index (χ1) is 15.6. The molecule has 1 aliphatic carbocycles. The fraction of sp³-hybridized carbons (Fsp3) is 0.346. The van der Waals surface area contributed by atoms with E-state index in [0.717, 1.165) is 24.8 Å². The summed E-state index contributed by atoms with van der Waals surface area (Å²) in [6.07, 6.45) is 7.86. The molecule has 0 saturated carbocycles. The van der Waals surface area contributed by atoms with Crippen LogP contribution < -0.4 is 10.9 Å². The summed E-state index contributed by atoms with van der Waals surface area (Å²) in [6, 6.07) is 17.3. The Balaban J connectivity index is 1.53. The Morgan fingerprint density at radius 1 is 1.12 bits per heavy atom. The van der Waals surface area contributed by atoms with E-state index in [1.165, 1.54) is 30.2 Å². The maximum Gasteiger partial charge on any atom is 0.262 e. The first-order valence-electron chi connectivity index (χ1n) is 11.3. The molecule has 0 saturated heterocycles. The van der Waals surface area contributed by atoms with Crippen molar-refractivity contribution in [2.75, 3.05) is 0 Å². The van der Waals surface area contributed by atoms with Crippen LogP contribution in [0.4, 0.5) is 0 Å². The zero-order chi connectivity index (χ0) is 22.3. The van der Waals surface area contributed by atoms with E-state index in [2.05, 4.69) is 11.4 Å². The number of fused-ring (bicyclic) bond motifs is 1. The summed E-state index contributed by atoms with van der Waals surface area (Å²) in [5.41, 5.74) is 3.11. The Labute approximate surface area is 192 Å². The van der Waals surface area contributed by atoms with Crippen molar-refractivity contribution in [1.29, 1.82) is 0 Å². The zero-order valence-electron chi connectivity index (χ0n) is 18.4. The summed E-state index contributed by atoms with van der Waals surface area (Å²) in [4.78, 5) is 30.8. The van der Waals surface area contributed by atoms with Crippen LogP contribution in [0.25, 0.3) is 10.9 Å². The molecule has 6 heteroatoms. The van der Waals surface area contributed by atoms with E-state index in [4.69, 9.17) is 4.98 Å². The maximum atomic E-state index is 13.3. The highest BCUT2D eigenvalue weighted by Gasteiger charge is 2.19. The number of rotatable bonds is 8. The molecular formula is C26H29N3O2S. The van der Waals surface area contributed by atoms with Gasteiger partial charge in [0, 0.05) is 13.1 Å². The number of nitrogens with zero attached hydrogens (tertiary/aromatic N) is 2. The summed E-state index contributed by atoms with van der Waals surface area (Å²) < 4.78 is 1.75. The lowest BCUT2D eigenvalue weighted by Gasteiger charge is -2.18. The van der Waals surface area contributed by atoms with Gasteiger partial charge in [-0.05, 0) is 56.7 Å². The van der Waals surface area contributed by atoms with Crippen LogP contribution in [0.15, 0.2) is 76.2 Å². The van der Waals surface area contributed by atoms with Crippen LogP contribution in [-0.2, 0) is 17.9 Å². The number of amides is 1. The number of benzene rings is 2. The van der Waals surface area contributed by atoms with Crippen LogP contribution >= 0.6 is 11.8 Å². The molecule has 1 amide bonds. The molecule has 0 aliphatic heterocycles. The molecule has 0 fully saturated rings. The molecule has 1 N–H and O–H groups in total. The van der Waals surface area contributed by atoms with Crippen molar-refractivity contribution in [2.45, 2.75) is 62.5 Å². The average Bonchev–Trinajstić information content (AvgIpc) is 2.83. The minimum Gasteiger partial charge on any atom is -0.351 e. The van der Waals surface area contributed by atoms with E-state index in [1.807, 2.05) is 61.5 Å². The number of allylic oxidation sites excluding steroid dienone is 2. The van der Waals surface area contributed by atoms with Crippen molar-refractivity contribution >= 4 is 28.6 Å². The van der Waals surface area contributed by atoms with Gasteiger partial charge in [0.2, 0.25) is 5.91 Å². The Bertz CT molecular complexity index is 1170. The van der Waals surface area contributed by atoms with Gasteiger partial charge in [-0.25, -0.2) is 4.98 Å². The Kier molecular flexibility index (Phi) is 7.43. The van der Waals surface area contributed by atoms with Gasteiger partial charge in [0.25, 0.3) is 5.56 Å².